The Morgan fingerprint density at radius 2 is 1.22 bits per heavy atom. The normalized spacial score (nSPS) is 21.7. The number of amides is 2. The van der Waals surface area contributed by atoms with Crippen LogP contribution in [-0.4, -0.2) is 127 Å². The summed E-state index contributed by atoms with van der Waals surface area (Å²) in [5.41, 5.74) is 7.32. The second-order valence-corrected chi connectivity index (χ2v) is 21.4. The average Bonchev–Trinajstić information content (AvgIpc) is 4.35. The average molecular weight is 977 g/mol. The molecule has 3 aliphatic carbocycles. The number of hydrogen-bond donors (Lipinski definition) is 0. The van der Waals surface area contributed by atoms with Crippen LogP contribution >= 0.6 is 0 Å². The first-order valence-electron chi connectivity index (χ1n) is 25.9. The lowest BCUT2D eigenvalue weighted by Crippen LogP contribution is -2.46. The molecule has 72 heavy (non-hydrogen) atoms. The summed E-state index contributed by atoms with van der Waals surface area (Å²) < 4.78 is 47.6. The highest BCUT2D eigenvalue weighted by atomic mass is 19.3. The van der Waals surface area contributed by atoms with Gasteiger partial charge in [-0.15, -0.1) is 0 Å². The van der Waals surface area contributed by atoms with E-state index in [0.29, 0.717) is 69.7 Å². The van der Waals surface area contributed by atoms with Gasteiger partial charge in [0, 0.05) is 122 Å². The number of anilines is 2. The van der Waals surface area contributed by atoms with E-state index in [4.69, 9.17) is 29.2 Å². The first kappa shape index (κ1) is 46.9. The molecule has 1 saturated heterocycles. The quantitative estimate of drug-likeness (QED) is 0.0862. The molecule has 2 atom stereocenters. The lowest BCUT2D eigenvalue weighted by Gasteiger charge is -2.36. The summed E-state index contributed by atoms with van der Waals surface area (Å²) in [4.78, 5) is 55.9. The van der Waals surface area contributed by atoms with Crippen LogP contribution in [0.15, 0.2) is 85.5 Å². The molecule has 0 bridgehead atoms. The van der Waals surface area contributed by atoms with E-state index in [0.717, 1.165) is 112 Å². The zero-order valence-corrected chi connectivity index (χ0v) is 41.4. The number of halogens is 2. The van der Waals surface area contributed by atoms with Crippen molar-refractivity contribution in [2.45, 2.75) is 99.5 Å². The van der Waals surface area contributed by atoms with Crippen molar-refractivity contribution in [3.8, 4) is 34.0 Å². The van der Waals surface area contributed by atoms with E-state index < -0.39 is 16.8 Å². The SMILES string of the molecule is CN(C)CCCOc1ccc(-c2ccc3ncc4c(c3c2)C2(CCC(F)(F)CC2)C(=O)N4CC2CC2N(CCCOc2ccc(-c3ccc4ncc5c(c4c3)C3(CCOCC3)C(=O)N5C)cn2)C2CC2)cn1. The van der Waals surface area contributed by atoms with Gasteiger partial charge in [0.1, 0.15) is 0 Å². The van der Waals surface area contributed by atoms with Gasteiger partial charge in [-0.05, 0) is 125 Å². The van der Waals surface area contributed by atoms with Gasteiger partial charge >= 0.3 is 0 Å². The number of nitrogens with zero attached hydrogens (tertiary/aromatic N) is 8. The van der Waals surface area contributed by atoms with Gasteiger partial charge in [0.15, 0.2) is 0 Å². The molecule has 6 aromatic rings. The van der Waals surface area contributed by atoms with E-state index >= 15 is 0 Å². The molecule has 12 rings (SSSR count). The number of hydrogen-bond acceptors (Lipinski definition) is 11. The van der Waals surface area contributed by atoms with Crippen LogP contribution in [0.3, 0.4) is 0 Å². The van der Waals surface area contributed by atoms with Crippen molar-refractivity contribution in [2.75, 3.05) is 77.0 Å². The Morgan fingerprint density at radius 1 is 0.667 bits per heavy atom. The van der Waals surface area contributed by atoms with Gasteiger partial charge in [0.2, 0.25) is 29.5 Å². The summed E-state index contributed by atoms with van der Waals surface area (Å²) in [5.74, 6) is -1.34. The van der Waals surface area contributed by atoms with Crippen molar-refractivity contribution < 1.29 is 32.6 Å². The van der Waals surface area contributed by atoms with Gasteiger partial charge in [0.25, 0.3) is 0 Å². The Kier molecular flexibility index (Phi) is 12.0. The lowest BCUT2D eigenvalue weighted by molar-refractivity contribution is -0.128. The zero-order chi connectivity index (χ0) is 49.4. The third-order valence-corrected chi connectivity index (χ3v) is 16.5. The Hall–Kier alpha value is -6.16. The van der Waals surface area contributed by atoms with Gasteiger partial charge in [-0.2, -0.15) is 0 Å². The van der Waals surface area contributed by atoms with Crippen LogP contribution in [0.5, 0.6) is 11.8 Å². The second-order valence-electron chi connectivity index (χ2n) is 21.4. The van der Waals surface area contributed by atoms with E-state index in [2.05, 4.69) is 33.0 Å². The monoisotopic (exact) mass is 976 g/mol. The maximum atomic E-state index is 14.9. The molecule has 3 saturated carbocycles. The summed E-state index contributed by atoms with van der Waals surface area (Å²) >= 11 is 0. The molecule has 4 fully saturated rings. The highest BCUT2D eigenvalue weighted by Gasteiger charge is 2.58. The molecular weight excluding hydrogens is 915 g/mol. The molecular formula is C57H62F2N8O5. The predicted octanol–water partition coefficient (Wildman–Crippen LogP) is 9.38. The Labute approximate surface area is 418 Å². The molecule has 15 heteroatoms. The van der Waals surface area contributed by atoms with E-state index in [9.17, 15) is 18.4 Å². The van der Waals surface area contributed by atoms with Gasteiger partial charge in [-0.3, -0.25) is 24.5 Å². The number of pyridine rings is 4. The number of aromatic nitrogens is 4. The van der Waals surface area contributed by atoms with Crippen molar-refractivity contribution in [3.63, 3.8) is 0 Å². The minimum absolute atomic E-state index is 0.0606. The molecule has 2 amide bonds. The lowest BCUT2D eigenvalue weighted by atomic mass is 9.68. The molecule has 4 aromatic heterocycles. The van der Waals surface area contributed by atoms with Gasteiger partial charge < -0.3 is 28.9 Å². The standard InChI is InChI=1S/C57H62F2N8O5/c1-64(2)22-4-24-71-49-14-8-39(32-62-49)37-7-13-45-43(29-37)52-48(34-61-45)67(54(69)55(52)16-18-57(58,59)19-17-55)35-40-30-46(40)66(41-10-11-41)23-5-25-72-50-15-9-38(31-63-50)36-6-12-44-42(28-36)51-47(33-60-44)65(3)53(68)56(51)20-26-70-27-21-56/h6-9,12-15,28-29,31-34,40-41,46H,4-5,10-11,16-27,30,35H2,1-3H3. The maximum Gasteiger partial charge on any atom is 0.248 e. The van der Waals surface area contributed by atoms with Crippen LogP contribution in [0.2, 0.25) is 0 Å². The molecule has 2 aromatic carbocycles. The summed E-state index contributed by atoms with van der Waals surface area (Å²) in [7, 11) is 5.92. The molecule has 7 heterocycles. The fourth-order valence-electron chi connectivity index (χ4n) is 12.4. The molecule has 6 aliphatic rings. The molecule has 2 unspecified atom stereocenters. The molecule has 13 nitrogen and oxygen atoms in total. The minimum atomic E-state index is -2.79. The summed E-state index contributed by atoms with van der Waals surface area (Å²) in [6.07, 6.45) is 13.2. The van der Waals surface area contributed by atoms with Crippen LogP contribution < -0.4 is 19.3 Å². The van der Waals surface area contributed by atoms with Crippen molar-refractivity contribution >= 4 is 45.0 Å². The Bertz CT molecular complexity index is 3040. The van der Waals surface area contributed by atoms with Crippen LogP contribution in [0.4, 0.5) is 20.2 Å². The number of ether oxygens (including phenoxy) is 3. The first-order chi connectivity index (χ1) is 34.9. The third kappa shape index (κ3) is 8.44. The van der Waals surface area contributed by atoms with Crippen molar-refractivity contribution in [2.24, 2.45) is 5.92 Å². The van der Waals surface area contributed by atoms with E-state index in [1.54, 1.807) is 11.1 Å². The van der Waals surface area contributed by atoms with Crippen molar-refractivity contribution in [1.29, 1.82) is 0 Å². The van der Waals surface area contributed by atoms with E-state index in [-0.39, 0.29) is 43.4 Å². The van der Waals surface area contributed by atoms with Crippen molar-refractivity contribution in [3.05, 3.63) is 96.6 Å². The van der Waals surface area contributed by atoms with Gasteiger partial charge in [-0.1, -0.05) is 12.1 Å². The summed E-state index contributed by atoms with van der Waals surface area (Å²) in [6.45, 7) is 4.56. The van der Waals surface area contributed by atoms with Crippen molar-refractivity contribution in [1.82, 2.24) is 29.7 Å². The highest BCUT2D eigenvalue weighted by Crippen LogP contribution is 2.56. The van der Waals surface area contributed by atoms with E-state index in [1.165, 1.54) is 0 Å². The van der Waals surface area contributed by atoms with Crippen LogP contribution in [0.1, 0.15) is 81.8 Å². The fraction of sp³-hybridized carbons (Fsp3) is 0.474. The number of carbonyl (C=O) groups is 2. The van der Waals surface area contributed by atoms with Gasteiger partial charge in [-0.25, -0.2) is 18.7 Å². The number of rotatable bonds is 16. The number of benzene rings is 2. The van der Waals surface area contributed by atoms with Crippen LogP contribution in [-0.2, 0) is 25.2 Å². The highest BCUT2D eigenvalue weighted by molar-refractivity contribution is 6.14. The summed E-state index contributed by atoms with van der Waals surface area (Å²) in [6, 6.07) is 20.9. The van der Waals surface area contributed by atoms with Crippen LogP contribution in [0, 0.1) is 5.92 Å². The van der Waals surface area contributed by atoms with Gasteiger partial charge in [0.05, 0.1) is 58.8 Å². The fourth-order valence-corrected chi connectivity index (χ4v) is 12.4. The first-order valence-corrected chi connectivity index (χ1v) is 25.9. The number of fused-ring (bicyclic) bond motifs is 8. The largest absolute Gasteiger partial charge is 0.478 e. The third-order valence-electron chi connectivity index (χ3n) is 16.5. The maximum absolute atomic E-state index is 14.9. The van der Waals surface area contributed by atoms with Crippen LogP contribution in [0.25, 0.3) is 44.1 Å². The number of carbonyl (C=O) groups excluding carboxylic acids is 2. The molecule has 3 aliphatic heterocycles. The molecule has 0 radical (unpaired) electrons. The Balaban J connectivity index is 0.712. The minimum Gasteiger partial charge on any atom is -0.478 e. The Morgan fingerprint density at radius 3 is 1.79 bits per heavy atom. The number of alkyl halides is 2. The molecule has 374 valence electrons. The molecule has 0 N–H and O–H groups in total. The smallest absolute Gasteiger partial charge is 0.248 e. The molecule has 2 spiro atoms. The topological polar surface area (TPSA) is 126 Å². The summed E-state index contributed by atoms with van der Waals surface area (Å²) in [5, 5.41) is 1.84. The predicted molar refractivity (Wildman–Crippen MR) is 273 cm³/mol. The second kappa shape index (κ2) is 18.4. The zero-order valence-electron chi connectivity index (χ0n) is 41.4. The van der Waals surface area contributed by atoms with E-state index in [1.807, 2.05) is 87.1 Å². The number of likely N-dealkylation sites (N-methyl/N-ethyl adjacent to an activating group) is 1.